The Morgan fingerprint density at radius 1 is 1.50 bits per heavy atom. The fraction of sp³-hybridized carbons (Fsp3) is 0.583. The molecule has 1 heterocycles. The third-order valence-electron chi connectivity index (χ3n) is 2.30. The van der Waals surface area contributed by atoms with Gasteiger partial charge < -0.3 is 4.74 Å². The zero-order valence-electron chi connectivity index (χ0n) is 11.7. The second-order valence-electron chi connectivity index (χ2n) is 4.37. The van der Waals surface area contributed by atoms with Crippen LogP contribution in [0.25, 0.3) is 0 Å². The van der Waals surface area contributed by atoms with Crippen LogP contribution in [0.2, 0.25) is 0 Å². The number of hydrogen-bond donors (Lipinski definition) is 1. The van der Waals surface area contributed by atoms with Crippen molar-refractivity contribution in [3.05, 3.63) is 17.5 Å². The van der Waals surface area contributed by atoms with Gasteiger partial charge in [-0.2, -0.15) is 16.5 Å². The molecule has 0 saturated carbocycles. The van der Waals surface area contributed by atoms with Crippen LogP contribution in [0.15, 0.2) is 21.7 Å². The lowest BCUT2D eigenvalue weighted by atomic mass is 10.2. The molecule has 1 aromatic rings. The number of carbonyl (C=O) groups excluding carboxylic acids is 1. The first-order chi connectivity index (χ1) is 9.36. The van der Waals surface area contributed by atoms with Crippen molar-refractivity contribution in [2.75, 3.05) is 12.0 Å². The molecule has 5 nitrogen and oxygen atoms in total. The minimum absolute atomic E-state index is 0.198. The molecule has 0 spiro atoms. The number of thioether (sulfide) groups is 1. The molecule has 0 aromatic carbocycles. The number of ether oxygens (including phenoxy) is 1. The average molecular weight is 337 g/mol. The van der Waals surface area contributed by atoms with Gasteiger partial charge >= 0.3 is 5.97 Å². The van der Waals surface area contributed by atoms with Crippen molar-refractivity contribution in [3.8, 4) is 0 Å². The molecule has 0 bridgehead atoms. The molecule has 0 fully saturated rings. The van der Waals surface area contributed by atoms with Gasteiger partial charge in [0.1, 0.15) is 10.3 Å². The molecule has 20 heavy (non-hydrogen) atoms. The minimum atomic E-state index is -3.67. The first-order valence-electron chi connectivity index (χ1n) is 6.12. The first-order valence-corrected chi connectivity index (χ1v) is 9.87. The van der Waals surface area contributed by atoms with Crippen LogP contribution in [0, 0.1) is 0 Å². The van der Waals surface area contributed by atoms with E-state index in [0.29, 0.717) is 12.2 Å². The van der Waals surface area contributed by atoms with Crippen molar-refractivity contribution in [2.24, 2.45) is 0 Å². The number of sulfonamides is 1. The molecule has 8 heteroatoms. The predicted octanol–water partition coefficient (Wildman–Crippen LogP) is 2.10. The minimum Gasteiger partial charge on any atom is -0.462 e. The van der Waals surface area contributed by atoms with Gasteiger partial charge in [-0.3, -0.25) is 4.79 Å². The summed E-state index contributed by atoms with van der Waals surface area (Å²) in [5.74, 6) is 0.138. The van der Waals surface area contributed by atoms with Gasteiger partial charge in [-0.1, -0.05) is 6.07 Å². The number of hydrogen-bond acceptors (Lipinski definition) is 6. The Labute approximate surface area is 128 Å². The summed E-state index contributed by atoms with van der Waals surface area (Å²) in [5, 5.41) is 1.68. The second kappa shape index (κ2) is 8.02. The largest absolute Gasteiger partial charge is 0.462 e. The third kappa shape index (κ3) is 5.43. The lowest BCUT2D eigenvalue weighted by Crippen LogP contribution is -2.42. The summed E-state index contributed by atoms with van der Waals surface area (Å²) in [5.41, 5.74) is 0. The Bertz CT molecular complexity index is 511. The van der Waals surface area contributed by atoms with Gasteiger partial charge in [0.05, 0.1) is 6.10 Å². The zero-order valence-corrected chi connectivity index (χ0v) is 14.1. The lowest BCUT2D eigenvalue weighted by molar-refractivity contribution is -0.149. The Kier molecular flexibility index (Phi) is 7.01. The van der Waals surface area contributed by atoms with E-state index in [9.17, 15) is 13.2 Å². The standard InChI is InChI=1S/C12H19NO4S3/c1-9(2)17-12(14)10(6-8-18-3)13-20(15,16)11-5-4-7-19-11/h4-5,7,9-10,13H,6,8H2,1-3H3. The lowest BCUT2D eigenvalue weighted by Gasteiger charge is -2.18. The summed E-state index contributed by atoms with van der Waals surface area (Å²) in [7, 11) is -3.67. The molecule has 1 rings (SSSR count). The van der Waals surface area contributed by atoms with Gasteiger partial charge in [0, 0.05) is 0 Å². The highest BCUT2D eigenvalue weighted by atomic mass is 32.2. The number of thiophene rings is 1. The van der Waals surface area contributed by atoms with E-state index in [-0.39, 0.29) is 10.3 Å². The molecule has 1 atom stereocenters. The van der Waals surface area contributed by atoms with E-state index >= 15 is 0 Å². The van der Waals surface area contributed by atoms with Crippen molar-refractivity contribution in [2.45, 2.75) is 36.6 Å². The number of rotatable bonds is 8. The van der Waals surface area contributed by atoms with Crippen molar-refractivity contribution in [3.63, 3.8) is 0 Å². The van der Waals surface area contributed by atoms with Crippen LogP contribution in [-0.4, -0.2) is 38.5 Å². The Hall–Kier alpha value is -0.570. The van der Waals surface area contributed by atoms with Gasteiger partial charge in [-0.05, 0) is 43.7 Å². The van der Waals surface area contributed by atoms with Crippen molar-refractivity contribution >= 4 is 39.1 Å². The summed E-state index contributed by atoms with van der Waals surface area (Å²) in [6, 6.07) is 2.31. The zero-order chi connectivity index (χ0) is 15.2. The SMILES string of the molecule is CSCCC(NS(=O)(=O)c1cccs1)C(=O)OC(C)C. The van der Waals surface area contributed by atoms with E-state index in [2.05, 4.69) is 4.72 Å². The Balaban J connectivity index is 2.81. The van der Waals surface area contributed by atoms with E-state index in [1.165, 1.54) is 6.07 Å². The fourth-order valence-corrected chi connectivity index (χ4v) is 4.14. The molecular formula is C12H19NO4S3. The smallest absolute Gasteiger partial charge is 0.324 e. The molecule has 1 aromatic heterocycles. The van der Waals surface area contributed by atoms with Crippen LogP contribution < -0.4 is 4.72 Å². The summed E-state index contributed by atoms with van der Waals surface area (Å²) in [4.78, 5) is 12.0. The topological polar surface area (TPSA) is 72.5 Å². The molecule has 0 amide bonds. The summed E-state index contributed by atoms with van der Waals surface area (Å²) in [6.07, 6.45) is 2.03. The van der Waals surface area contributed by atoms with E-state index in [1.54, 1.807) is 37.1 Å². The van der Waals surface area contributed by atoms with Crippen molar-refractivity contribution in [1.82, 2.24) is 4.72 Å². The average Bonchev–Trinajstić information content (AvgIpc) is 2.87. The number of esters is 1. The molecule has 1 unspecified atom stereocenters. The molecule has 1 N–H and O–H groups in total. The summed E-state index contributed by atoms with van der Waals surface area (Å²) < 4.78 is 32.0. The second-order valence-corrected chi connectivity index (χ2v) is 8.25. The van der Waals surface area contributed by atoms with Crippen LogP contribution in [-0.2, 0) is 19.6 Å². The van der Waals surface area contributed by atoms with Gasteiger partial charge in [-0.25, -0.2) is 8.42 Å². The van der Waals surface area contributed by atoms with Crippen LogP contribution in [0.3, 0.4) is 0 Å². The highest BCUT2D eigenvalue weighted by molar-refractivity contribution is 7.98. The maximum Gasteiger partial charge on any atom is 0.324 e. The van der Waals surface area contributed by atoms with Gasteiger partial charge in [0.2, 0.25) is 0 Å². The van der Waals surface area contributed by atoms with E-state index in [0.717, 1.165) is 11.3 Å². The highest BCUT2D eigenvalue weighted by Gasteiger charge is 2.27. The third-order valence-corrected chi connectivity index (χ3v) is 5.82. The molecule has 0 radical (unpaired) electrons. The van der Waals surface area contributed by atoms with E-state index in [4.69, 9.17) is 4.74 Å². The molecular weight excluding hydrogens is 318 g/mol. The molecule has 114 valence electrons. The summed E-state index contributed by atoms with van der Waals surface area (Å²) in [6.45, 7) is 3.47. The van der Waals surface area contributed by atoms with Gasteiger partial charge in [0.15, 0.2) is 0 Å². The Morgan fingerprint density at radius 3 is 2.70 bits per heavy atom. The van der Waals surface area contributed by atoms with E-state index in [1.807, 2.05) is 6.26 Å². The summed E-state index contributed by atoms with van der Waals surface area (Å²) >= 11 is 2.66. The van der Waals surface area contributed by atoms with Crippen LogP contribution in [0.4, 0.5) is 0 Å². The quantitative estimate of drug-likeness (QED) is 0.736. The van der Waals surface area contributed by atoms with Crippen molar-refractivity contribution < 1.29 is 17.9 Å². The Morgan fingerprint density at radius 2 is 2.20 bits per heavy atom. The van der Waals surface area contributed by atoms with Gasteiger partial charge in [0.25, 0.3) is 10.0 Å². The van der Waals surface area contributed by atoms with Crippen LogP contribution in [0.1, 0.15) is 20.3 Å². The van der Waals surface area contributed by atoms with Crippen LogP contribution >= 0.6 is 23.1 Å². The van der Waals surface area contributed by atoms with Gasteiger partial charge in [-0.15, -0.1) is 11.3 Å². The monoisotopic (exact) mass is 337 g/mol. The molecule has 0 aliphatic heterocycles. The molecule has 0 aliphatic rings. The maximum absolute atomic E-state index is 12.1. The predicted molar refractivity (Wildman–Crippen MR) is 82.7 cm³/mol. The highest BCUT2D eigenvalue weighted by Crippen LogP contribution is 2.17. The fourth-order valence-electron chi connectivity index (χ4n) is 1.44. The number of nitrogens with one attached hydrogen (secondary N) is 1. The maximum atomic E-state index is 12.1. The van der Waals surface area contributed by atoms with E-state index < -0.39 is 22.0 Å². The normalized spacial score (nSPS) is 13.4. The van der Waals surface area contributed by atoms with Crippen molar-refractivity contribution in [1.29, 1.82) is 0 Å². The number of carbonyl (C=O) groups is 1. The van der Waals surface area contributed by atoms with Crippen LogP contribution in [0.5, 0.6) is 0 Å². The molecule has 0 aliphatic carbocycles. The first kappa shape index (κ1) is 17.5. The molecule has 0 saturated heterocycles.